The zero-order valence-electron chi connectivity index (χ0n) is 16.3. The van der Waals surface area contributed by atoms with E-state index in [0.29, 0.717) is 26.9 Å². The Morgan fingerprint density at radius 1 is 0.931 bits per heavy atom. The number of hydrogen-bond acceptors (Lipinski definition) is 3. The summed E-state index contributed by atoms with van der Waals surface area (Å²) in [5, 5.41) is 0.526. The molecule has 0 bridgehead atoms. The first-order valence-electron chi connectivity index (χ1n) is 9.38. The number of fused-ring (bicyclic) bond motifs is 1. The molecule has 1 heterocycles. The summed E-state index contributed by atoms with van der Waals surface area (Å²) in [5.74, 6) is -0.0398. The zero-order chi connectivity index (χ0) is 20.5. The first kappa shape index (κ1) is 19.0. The summed E-state index contributed by atoms with van der Waals surface area (Å²) < 4.78 is 3.55. The molecule has 0 radical (unpaired) electrons. The van der Waals surface area contributed by atoms with Crippen molar-refractivity contribution in [1.82, 2.24) is 9.13 Å². The Hall–Kier alpha value is -3.31. The molecule has 0 saturated heterocycles. The minimum Gasteiger partial charge on any atom is -0.310 e. The van der Waals surface area contributed by atoms with Gasteiger partial charge in [0.05, 0.1) is 23.1 Å². The number of benzene rings is 3. The van der Waals surface area contributed by atoms with Crippen LogP contribution in [0.3, 0.4) is 0 Å². The smallest absolute Gasteiger partial charge is 0.266 e. The van der Waals surface area contributed by atoms with Gasteiger partial charge in [-0.1, -0.05) is 54.1 Å². The van der Waals surface area contributed by atoms with E-state index in [-0.39, 0.29) is 17.9 Å². The lowest BCUT2D eigenvalue weighted by Crippen LogP contribution is -2.26. The van der Waals surface area contributed by atoms with E-state index in [1.807, 2.05) is 80.6 Å². The normalized spacial score (nSPS) is 11.0. The number of hydrogen-bond donors (Lipinski definition) is 0. The molecule has 0 aliphatic heterocycles. The van der Waals surface area contributed by atoms with Crippen LogP contribution in [0.15, 0.2) is 77.6 Å². The number of carbonyl (C=O) groups is 1. The van der Waals surface area contributed by atoms with Crippen LogP contribution in [0, 0.1) is 18.6 Å². The van der Waals surface area contributed by atoms with Gasteiger partial charge in [0.2, 0.25) is 0 Å². The maximum atomic E-state index is 13.1. The number of carbonyl (C=O) groups excluding carboxylic acids is 1. The fourth-order valence-corrected chi connectivity index (χ4v) is 3.98. The number of ketones is 1. The summed E-state index contributed by atoms with van der Waals surface area (Å²) >= 11 is 5.68. The average Bonchev–Trinajstić information content (AvgIpc) is 2.72. The van der Waals surface area contributed by atoms with Gasteiger partial charge in [-0.3, -0.25) is 14.2 Å². The van der Waals surface area contributed by atoms with Gasteiger partial charge < -0.3 is 4.57 Å². The molecule has 0 N–H and O–H groups in total. The molecular weight excluding hydrogens is 380 g/mol. The minimum absolute atomic E-state index is 0.0398. The first-order valence-corrected chi connectivity index (χ1v) is 9.78. The van der Waals surface area contributed by atoms with Gasteiger partial charge in [0.25, 0.3) is 5.56 Å². The van der Waals surface area contributed by atoms with Gasteiger partial charge in [0.15, 0.2) is 10.6 Å². The van der Waals surface area contributed by atoms with Gasteiger partial charge in [-0.25, -0.2) is 0 Å². The number of rotatable bonds is 4. The maximum absolute atomic E-state index is 13.1. The van der Waals surface area contributed by atoms with Crippen LogP contribution < -0.4 is 5.56 Å². The Bertz CT molecular complexity index is 1350. The monoisotopic (exact) mass is 400 g/mol. The number of Topliss-reactive ketones (excluding diaryl/α,β-unsaturated/α-hetero) is 1. The lowest BCUT2D eigenvalue weighted by molar-refractivity contribution is 0.0971. The van der Waals surface area contributed by atoms with E-state index in [1.54, 1.807) is 10.6 Å². The molecule has 29 heavy (non-hydrogen) atoms. The van der Waals surface area contributed by atoms with E-state index in [0.717, 1.165) is 11.1 Å². The third-order valence-electron chi connectivity index (χ3n) is 5.05. The molecule has 0 fully saturated rings. The fourth-order valence-electron chi connectivity index (χ4n) is 3.63. The molecule has 0 spiro atoms. The first-order chi connectivity index (χ1) is 14.0. The van der Waals surface area contributed by atoms with Gasteiger partial charge in [-0.15, -0.1) is 0 Å². The van der Waals surface area contributed by atoms with Gasteiger partial charge in [-0.05, 0) is 55.9 Å². The lowest BCUT2D eigenvalue weighted by atomic mass is 10.0. The Morgan fingerprint density at radius 2 is 1.62 bits per heavy atom. The van der Waals surface area contributed by atoms with Gasteiger partial charge in [0.1, 0.15) is 0 Å². The molecule has 4 rings (SSSR count). The molecule has 4 nitrogen and oxygen atoms in total. The highest BCUT2D eigenvalue weighted by Crippen LogP contribution is 2.17. The number of aryl methyl sites for hydroxylation is 2. The van der Waals surface area contributed by atoms with Crippen molar-refractivity contribution in [3.63, 3.8) is 0 Å². The second-order valence-electron chi connectivity index (χ2n) is 7.10. The van der Waals surface area contributed by atoms with Crippen molar-refractivity contribution in [2.24, 2.45) is 0 Å². The highest BCUT2D eigenvalue weighted by atomic mass is 32.1. The predicted octanol–water partition coefficient (Wildman–Crippen LogP) is 5.02. The second kappa shape index (κ2) is 7.60. The minimum atomic E-state index is -0.188. The van der Waals surface area contributed by atoms with Crippen molar-refractivity contribution >= 4 is 28.9 Å². The van der Waals surface area contributed by atoms with Crippen molar-refractivity contribution in [3.05, 3.63) is 105 Å². The quantitative estimate of drug-likeness (QED) is 0.357. The van der Waals surface area contributed by atoms with Crippen molar-refractivity contribution in [2.75, 3.05) is 0 Å². The van der Waals surface area contributed by atoms with Gasteiger partial charge in [0, 0.05) is 5.56 Å². The Balaban J connectivity index is 1.93. The van der Waals surface area contributed by atoms with Crippen LogP contribution in [0.2, 0.25) is 0 Å². The highest BCUT2D eigenvalue weighted by molar-refractivity contribution is 7.71. The molecule has 0 atom stereocenters. The molecular formula is C24H20N2O2S. The summed E-state index contributed by atoms with van der Waals surface area (Å²) in [4.78, 5) is 26.3. The SMILES string of the molecule is Cc1ccc(C(=O)Cn2c(=S)n(-c3ccccc3)c(=O)c3ccccc32)c(C)c1. The largest absolute Gasteiger partial charge is 0.310 e. The van der Waals surface area contributed by atoms with Crippen molar-refractivity contribution in [3.8, 4) is 5.69 Å². The number of para-hydroxylation sites is 2. The number of aromatic nitrogens is 2. The molecule has 1 aromatic heterocycles. The van der Waals surface area contributed by atoms with E-state index >= 15 is 0 Å². The maximum Gasteiger partial charge on any atom is 0.266 e. The molecule has 4 aromatic rings. The molecule has 0 amide bonds. The highest BCUT2D eigenvalue weighted by Gasteiger charge is 2.16. The summed E-state index contributed by atoms with van der Waals surface area (Å²) in [7, 11) is 0. The molecule has 0 unspecified atom stereocenters. The average molecular weight is 401 g/mol. The van der Waals surface area contributed by atoms with Crippen molar-refractivity contribution in [2.45, 2.75) is 20.4 Å². The van der Waals surface area contributed by atoms with Crippen LogP contribution in [0.1, 0.15) is 21.5 Å². The van der Waals surface area contributed by atoms with E-state index in [1.165, 1.54) is 4.57 Å². The third kappa shape index (κ3) is 3.45. The Labute approximate surface area is 173 Å². The van der Waals surface area contributed by atoms with Gasteiger partial charge >= 0.3 is 0 Å². The van der Waals surface area contributed by atoms with Gasteiger partial charge in [-0.2, -0.15) is 0 Å². The summed E-state index contributed by atoms with van der Waals surface area (Å²) in [6, 6.07) is 22.3. The zero-order valence-corrected chi connectivity index (χ0v) is 17.1. The van der Waals surface area contributed by atoms with Crippen LogP contribution in [0.4, 0.5) is 0 Å². The molecule has 0 saturated carbocycles. The topological polar surface area (TPSA) is 44.0 Å². The molecule has 0 aliphatic carbocycles. The lowest BCUT2D eigenvalue weighted by Gasteiger charge is -2.16. The van der Waals surface area contributed by atoms with E-state index in [9.17, 15) is 9.59 Å². The second-order valence-corrected chi connectivity index (χ2v) is 7.47. The Kier molecular flexibility index (Phi) is 4.99. The van der Waals surface area contributed by atoms with E-state index < -0.39 is 0 Å². The summed E-state index contributed by atoms with van der Waals surface area (Å²) in [5.41, 5.74) is 3.86. The number of nitrogens with zero attached hydrogens (tertiary/aromatic N) is 2. The third-order valence-corrected chi connectivity index (χ3v) is 5.45. The summed E-state index contributed by atoms with van der Waals surface area (Å²) in [6.45, 7) is 4.00. The van der Waals surface area contributed by atoms with E-state index in [4.69, 9.17) is 12.2 Å². The fraction of sp³-hybridized carbons (Fsp3) is 0.125. The van der Waals surface area contributed by atoms with Crippen LogP contribution in [-0.4, -0.2) is 14.9 Å². The Morgan fingerprint density at radius 3 is 2.34 bits per heavy atom. The molecule has 3 aromatic carbocycles. The predicted molar refractivity (Wildman–Crippen MR) is 119 cm³/mol. The molecule has 0 aliphatic rings. The standard InChI is InChI=1S/C24H20N2O2S/c1-16-12-13-19(17(2)14-16)22(27)15-25-21-11-7-6-10-20(21)23(28)26(24(25)29)18-8-4-3-5-9-18/h3-14H,15H2,1-2H3. The van der Waals surface area contributed by atoms with Crippen LogP contribution in [0.5, 0.6) is 0 Å². The molecule has 5 heteroatoms. The van der Waals surface area contributed by atoms with Crippen LogP contribution in [-0.2, 0) is 6.54 Å². The molecule has 144 valence electrons. The van der Waals surface area contributed by atoms with E-state index in [2.05, 4.69) is 0 Å². The van der Waals surface area contributed by atoms with Crippen LogP contribution in [0.25, 0.3) is 16.6 Å². The summed E-state index contributed by atoms with van der Waals surface area (Å²) in [6.07, 6.45) is 0. The van der Waals surface area contributed by atoms with Crippen molar-refractivity contribution in [1.29, 1.82) is 0 Å². The van der Waals surface area contributed by atoms with Crippen molar-refractivity contribution < 1.29 is 4.79 Å². The van der Waals surface area contributed by atoms with Crippen LogP contribution >= 0.6 is 12.2 Å².